The van der Waals surface area contributed by atoms with Crippen LogP contribution in [-0.4, -0.2) is 69.2 Å². The average Bonchev–Trinajstić information content (AvgIpc) is 3.06. The third-order valence-corrected chi connectivity index (χ3v) is 5.26. The van der Waals surface area contributed by atoms with Crippen LogP contribution in [0.4, 0.5) is 0 Å². The van der Waals surface area contributed by atoms with Crippen molar-refractivity contribution in [1.82, 2.24) is 0 Å². The van der Waals surface area contributed by atoms with E-state index in [-0.39, 0.29) is 53.9 Å². The molecule has 6 heteroatoms. The van der Waals surface area contributed by atoms with Crippen LogP contribution in [0.1, 0.15) is 64.7 Å². The molecular weight excluding hydrogens is 343 g/mol. The Bertz CT molecular complexity index is 491. The molecule has 144 valence electrons. The summed E-state index contributed by atoms with van der Waals surface area (Å²) in [4.78, 5) is 10.5. The quantitative estimate of drug-likeness (QED) is 0.310. The molecule has 0 aromatic heterocycles. The van der Waals surface area contributed by atoms with Gasteiger partial charge in [0.25, 0.3) is 0 Å². The van der Waals surface area contributed by atoms with Gasteiger partial charge in [-0.3, -0.25) is 4.79 Å². The van der Waals surface area contributed by atoms with Crippen molar-refractivity contribution in [2.75, 3.05) is 0 Å². The number of unbranched alkanes of at least 4 members (excludes halogenated alkanes) is 3. The van der Waals surface area contributed by atoms with Gasteiger partial charge in [-0.05, 0) is 25.3 Å². The summed E-state index contributed by atoms with van der Waals surface area (Å²) in [5, 5.41) is 29.0. The average molecular weight is 376 g/mol. The summed E-state index contributed by atoms with van der Waals surface area (Å²) in [6, 6.07) is 0. The van der Waals surface area contributed by atoms with Crippen molar-refractivity contribution in [3.8, 4) is 0 Å². The van der Waals surface area contributed by atoms with E-state index < -0.39 is 18.2 Å². The van der Waals surface area contributed by atoms with Crippen LogP contribution < -0.4 is 0 Å². The van der Waals surface area contributed by atoms with Gasteiger partial charge in [-0.15, -0.1) is 0 Å². The van der Waals surface area contributed by atoms with Gasteiger partial charge in [-0.2, -0.15) is 0 Å². The molecular formula is C20H33NaO5. The number of rotatable bonds is 10. The van der Waals surface area contributed by atoms with E-state index in [2.05, 4.69) is 6.92 Å². The van der Waals surface area contributed by atoms with Crippen molar-refractivity contribution >= 4 is 35.5 Å². The monoisotopic (exact) mass is 376 g/mol. The molecule has 5 atom stereocenters. The summed E-state index contributed by atoms with van der Waals surface area (Å²) >= 11 is 0. The first-order valence-electron chi connectivity index (χ1n) is 9.63. The maximum atomic E-state index is 10.5. The molecule has 1 saturated heterocycles. The second-order valence-corrected chi connectivity index (χ2v) is 7.31. The van der Waals surface area contributed by atoms with Crippen molar-refractivity contribution < 1.29 is 24.9 Å². The molecule has 1 saturated carbocycles. The molecule has 0 unspecified atom stereocenters. The maximum absolute atomic E-state index is 10.5. The minimum atomic E-state index is -0.770. The molecule has 2 aliphatic rings. The second kappa shape index (κ2) is 12.2. The van der Waals surface area contributed by atoms with Crippen LogP contribution in [0.2, 0.25) is 0 Å². The summed E-state index contributed by atoms with van der Waals surface area (Å²) in [6.45, 7) is 2.14. The number of allylic oxidation sites excluding steroid dienone is 2. The van der Waals surface area contributed by atoms with Crippen molar-refractivity contribution in [2.45, 2.75) is 83.0 Å². The molecule has 1 aliphatic heterocycles. The minimum absolute atomic E-state index is 0. The van der Waals surface area contributed by atoms with E-state index in [4.69, 9.17) is 9.84 Å². The zero-order chi connectivity index (χ0) is 18.2. The van der Waals surface area contributed by atoms with Crippen LogP contribution in [-0.2, 0) is 9.53 Å². The molecule has 1 aliphatic carbocycles. The Morgan fingerprint density at radius 2 is 2.12 bits per heavy atom. The summed E-state index contributed by atoms with van der Waals surface area (Å²) in [7, 11) is 0. The number of aliphatic hydroxyl groups is 2. The number of carboxylic acid groups (broad SMARTS) is 1. The van der Waals surface area contributed by atoms with Crippen LogP contribution >= 0.6 is 0 Å². The van der Waals surface area contributed by atoms with Gasteiger partial charge in [0.05, 0.1) is 18.0 Å². The van der Waals surface area contributed by atoms with Crippen molar-refractivity contribution in [2.24, 2.45) is 11.8 Å². The third kappa shape index (κ3) is 7.35. The molecule has 2 fully saturated rings. The zero-order valence-electron chi connectivity index (χ0n) is 15.1. The normalized spacial score (nSPS) is 30.2. The Balaban J connectivity index is 0.00000338. The van der Waals surface area contributed by atoms with Crippen LogP contribution in [0.5, 0.6) is 0 Å². The number of aliphatic carboxylic acids is 1. The van der Waals surface area contributed by atoms with Gasteiger partial charge in [-0.1, -0.05) is 38.3 Å². The van der Waals surface area contributed by atoms with E-state index >= 15 is 0 Å². The summed E-state index contributed by atoms with van der Waals surface area (Å²) in [5.41, 5.74) is 0. The van der Waals surface area contributed by atoms with E-state index in [0.29, 0.717) is 19.3 Å². The molecule has 2 rings (SSSR count). The number of ether oxygens (including phenoxy) is 1. The molecule has 0 amide bonds. The third-order valence-electron chi connectivity index (χ3n) is 5.26. The molecule has 0 aromatic carbocycles. The van der Waals surface area contributed by atoms with Gasteiger partial charge >= 0.3 is 35.5 Å². The van der Waals surface area contributed by atoms with Crippen molar-refractivity contribution in [1.29, 1.82) is 0 Å². The number of hydrogen-bond acceptors (Lipinski definition) is 4. The van der Waals surface area contributed by atoms with Crippen LogP contribution in [0.25, 0.3) is 0 Å². The number of carboxylic acids is 1. The van der Waals surface area contributed by atoms with Gasteiger partial charge in [0.2, 0.25) is 0 Å². The fourth-order valence-corrected chi connectivity index (χ4v) is 3.86. The Kier molecular flexibility index (Phi) is 11.1. The van der Waals surface area contributed by atoms with Gasteiger partial charge in [0.15, 0.2) is 0 Å². The molecule has 0 aromatic rings. The Morgan fingerprint density at radius 1 is 1.35 bits per heavy atom. The molecule has 26 heavy (non-hydrogen) atoms. The standard InChI is InChI=1S/C20H32O5.Na.H/c1-2-3-4-7-14(21)10-11-16-17-12-15(8-5-6-9-20(23)24)25-19(17)13-18(16)22;;/h8,10-11,14,16-19,21-22H,2-7,9,12-13H2,1H3,(H,23,24);;/t14-,16+,17+,18+,19-;;/m0../s1. The number of aliphatic hydroxyl groups excluding tert-OH is 2. The SMILES string of the molecule is CCCCC[C@H](O)C=C[C@@H]1[C@H]2CC(=CCCCC(=O)O)O[C@H]2C[C@H]1O.[NaH]. The van der Waals surface area contributed by atoms with Crippen molar-refractivity contribution in [3.05, 3.63) is 24.0 Å². The van der Waals surface area contributed by atoms with E-state index in [1.807, 2.05) is 18.2 Å². The summed E-state index contributed by atoms with van der Waals surface area (Å²) in [6.07, 6.45) is 12.0. The number of hydrogen-bond donors (Lipinski definition) is 3. The fourth-order valence-electron chi connectivity index (χ4n) is 3.86. The number of carbonyl (C=O) groups is 1. The van der Waals surface area contributed by atoms with Gasteiger partial charge < -0.3 is 20.1 Å². The van der Waals surface area contributed by atoms with Crippen LogP contribution in [0, 0.1) is 11.8 Å². The molecule has 1 heterocycles. The molecule has 0 radical (unpaired) electrons. The van der Waals surface area contributed by atoms with Gasteiger partial charge in [-0.25, -0.2) is 0 Å². The van der Waals surface area contributed by atoms with Crippen LogP contribution in [0.15, 0.2) is 24.0 Å². The van der Waals surface area contributed by atoms with E-state index in [0.717, 1.165) is 37.9 Å². The zero-order valence-corrected chi connectivity index (χ0v) is 15.1. The molecule has 0 spiro atoms. The first-order valence-corrected chi connectivity index (χ1v) is 9.63. The second-order valence-electron chi connectivity index (χ2n) is 7.31. The fraction of sp³-hybridized carbons (Fsp3) is 0.750. The topological polar surface area (TPSA) is 87.0 Å². The molecule has 0 bridgehead atoms. The Morgan fingerprint density at radius 3 is 2.81 bits per heavy atom. The molecule has 5 nitrogen and oxygen atoms in total. The van der Waals surface area contributed by atoms with Gasteiger partial charge in [0, 0.05) is 31.1 Å². The Labute approximate surface area is 178 Å². The van der Waals surface area contributed by atoms with Crippen molar-refractivity contribution in [3.63, 3.8) is 0 Å². The van der Waals surface area contributed by atoms with E-state index in [9.17, 15) is 15.0 Å². The first-order chi connectivity index (χ1) is 12.0. The number of fused-ring (bicyclic) bond motifs is 1. The first kappa shape index (κ1) is 23.7. The summed E-state index contributed by atoms with van der Waals surface area (Å²) < 4.78 is 5.94. The van der Waals surface area contributed by atoms with Crippen LogP contribution in [0.3, 0.4) is 0 Å². The molecule has 3 N–H and O–H groups in total. The predicted octanol–water partition coefficient (Wildman–Crippen LogP) is 2.76. The van der Waals surface area contributed by atoms with E-state index in [1.54, 1.807) is 0 Å². The summed E-state index contributed by atoms with van der Waals surface area (Å²) in [5.74, 6) is 0.429. The Hall–Kier alpha value is -0.330. The van der Waals surface area contributed by atoms with E-state index in [1.165, 1.54) is 0 Å². The van der Waals surface area contributed by atoms with Gasteiger partial charge in [0.1, 0.15) is 6.10 Å². The predicted molar refractivity (Wildman–Crippen MR) is 103 cm³/mol.